The average molecular weight is 240 g/mol. The molecule has 3 N–H and O–H groups in total. The Kier molecular flexibility index (Phi) is 5.92. The van der Waals surface area contributed by atoms with Crippen LogP contribution in [-0.4, -0.2) is 55.4 Å². The van der Waals surface area contributed by atoms with Crippen LogP contribution in [0.3, 0.4) is 0 Å². The maximum Gasteiger partial charge on any atom is 0.0947 e. The summed E-state index contributed by atoms with van der Waals surface area (Å²) in [5.41, 5.74) is 5.49. The number of nitrogens with two attached hydrogens (primary N) is 1. The van der Waals surface area contributed by atoms with E-state index in [0.717, 1.165) is 19.1 Å². The molecule has 17 heavy (non-hydrogen) atoms. The van der Waals surface area contributed by atoms with Crippen molar-refractivity contribution in [2.75, 3.05) is 33.7 Å². The first-order valence-corrected chi connectivity index (χ1v) is 6.73. The van der Waals surface area contributed by atoms with Gasteiger partial charge in [-0.3, -0.25) is 5.41 Å². The highest BCUT2D eigenvalue weighted by Crippen LogP contribution is 2.17. The lowest BCUT2D eigenvalue weighted by Crippen LogP contribution is -2.39. The average Bonchev–Trinajstić information content (AvgIpc) is 2.27. The first-order chi connectivity index (χ1) is 8.00. The van der Waals surface area contributed by atoms with Crippen molar-refractivity contribution in [2.24, 2.45) is 11.7 Å². The zero-order valence-corrected chi connectivity index (χ0v) is 11.6. The van der Waals surface area contributed by atoms with Gasteiger partial charge >= 0.3 is 0 Å². The van der Waals surface area contributed by atoms with Crippen molar-refractivity contribution in [1.29, 1.82) is 5.41 Å². The molecule has 1 heterocycles. The van der Waals surface area contributed by atoms with Crippen molar-refractivity contribution >= 4 is 5.84 Å². The van der Waals surface area contributed by atoms with E-state index >= 15 is 0 Å². The minimum atomic E-state index is 0.170. The summed E-state index contributed by atoms with van der Waals surface area (Å²) in [6.07, 6.45) is 5.30. The molecule has 0 radical (unpaired) electrons. The third-order valence-corrected chi connectivity index (χ3v) is 3.88. The van der Waals surface area contributed by atoms with Crippen LogP contribution in [0.25, 0.3) is 0 Å². The Balaban J connectivity index is 2.22. The molecule has 4 heteroatoms. The van der Waals surface area contributed by atoms with Gasteiger partial charge in [-0.2, -0.15) is 0 Å². The van der Waals surface area contributed by atoms with Gasteiger partial charge in [-0.1, -0.05) is 13.3 Å². The number of nitrogens with one attached hydrogen (secondary N) is 1. The van der Waals surface area contributed by atoms with Crippen LogP contribution in [0.2, 0.25) is 0 Å². The summed E-state index contributed by atoms with van der Waals surface area (Å²) in [4.78, 5) is 4.79. The molecular weight excluding hydrogens is 212 g/mol. The summed E-state index contributed by atoms with van der Waals surface area (Å²) in [7, 11) is 4.37. The fourth-order valence-electron chi connectivity index (χ4n) is 2.54. The Bertz CT molecular complexity index is 242. The van der Waals surface area contributed by atoms with Crippen molar-refractivity contribution < 1.29 is 0 Å². The third-order valence-electron chi connectivity index (χ3n) is 3.88. The van der Waals surface area contributed by atoms with Crippen molar-refractivity contribution in [3.8, 4) is 0 Å². The van der Waals surface area contributed by atoms with Crippen LogP contribution in [0, 0.1) is 11.3 Å². The second kappa shape index (κ2) is 6.97. The molecular formula is C13H28N4. The largest absolute Gasteiger partial charge is 0.387 e. The van der Waals surface area contributed by atoms with E-state index in [1.807, 2.05) is 6.92 Å². The number of likely N-dealkylation sites (tertiary alicyclic amines) is 1. The van der Waals surface area contributed by atoms with Crippen LogP contribution < -0.4 is 5.73 Å². The minimum absolute atomic E-state index is 0.170. The smallest absolute Gasteiger partial charge is 0.0947 e. The molecule has 0 saturated carbocycles. The lowest BCUT2D eigenvalue weighted by Gasteiger charge is -2.33. The summed E-state index contributed by atoms with van der Waals surface area (Å²) in [5, 5.41) is 7.40. The molecule has 0 aliphatic carbocycles. The highest BCUT2D eigenvalue weighted by atomic mass is 15.1. The van der Waals surface area contributed by atoms with Crippen LogP contribution in [0.5, 0.6) is 0 Å². The predicted molar refractivity (Wildman–Crippen MR) is 73.5 cm³/mol. The summed E-state index contributed by atoms with van der Waals surface area (Å²) in [6, 6.07) is 0.749. The van der Waals surface area contributed by atoms with Crippen LogP contribution in [-0.2, 0) is 0 Å². The van der Waals surface area contributed by atoms with Gasteiger partial charge in [0.25, 0.3) is 0 Å². The summed E-state index contributed by atoms with van der Waals surface area (Å²) < 4.78 is 0. The second-order valence-electron chi connectivity index (χ2n) is 5.54. The molecule has 0 aromatic carbocycles. The van der Waals surface area contributed by atoms with Crippen LogP contribution in [0.15, 0.2) is 0 Å². The van der Waals surface area contributed by atoms with Gasteiger partial charge in [0.1, 0.15) is 0 Å². The number of hydrogen-bond donors (Lipinski definition) is 2. The molecule has 1 fully saturated rings. The van der Waals surface area contributed by atoms with Gasteiger partial charge in [0.2, 0.25) is 0 Å². The van der Waals surface area contributed by atoms with E-state index < -0.39 is 0 Å². The number of rotatable bonds is 6. The van der Waals surface area contributed by atoms with Crippen molar-refractivity contribution in [1.82, 2.24) is 9.80 Å². The van der Waals surface area contributed by atoms with Gasteiger partial charge in [0.15, 0.2) is 0 Å². The van der Waals surface area contributed by atoms with E-state index in [9.17, 15) is 0 Å². The maximum atomic E-state index is 7.40. The Morgan fingerprint density at radius 3 is 2.82 bits per heavy atom. The third kappa shape index (κ3) is 5.04. The first kappa shape index (κ1) is 14.5. The molecule has 1 rings (SSSR count). The fourth-order valence-corrected chi connectivity index (χ4v) is 2.54. The van der Waals surface area contributed by atoms with Crippen LogP contribution in [0.1, 0.15) is 32.6 Å². The van der Waals surface area contributed by atoms with E-state index in [-0.39, 0.29) is 5.92 Å². The number of hydrogen-bond acceptors (Lipinski definition) is 3. The summed E-state index contributed by atoms with van der Waals surface area (Å²) >= 11 is 0. The zero-order valence-electron chi connectivity index (χ0n) is 11.6. The molecule has 0 aromatic heterocycles. The van der Waals surface area contributed by atoms with Gasteiger partial charge in [-0.25, -0.2) is 0 Å². The van der Waals surface area contributed by atoms with Crippen LogP contribution >= 0.6 is 0 Å². The topological polar surface area (TPSA) is 56.4 Å². The molecule has 2 unspecified atom stereocenters. The zero-order chi connectivity index (χ0) is 12.8. The van der Waals surface area contributed by atoms with E-state index in [1.54, 1.807) is 0 Å². The van der Waals surface area contributed by atoms with Gasteiger partial charge in [-0.15, -0.1) is 0 Å². The molecule has 0 spiro atoms. The fraction of sp³-hybridized carbons (Fsp3) is 0.923. The number of piperidine rings is 1. The molecule has 1 saturated heterocycles. The molecule has 2 atom stereocenters. The van der Waals surface area contributed by atoms with Crippen molar-refractivity contribution in [3.63, 3.8) is 0 Å². The Morgan fingerprint density at radius 2 is 2.24 bits per heavy atom. The number of nitrogens with zero attached hydrogens (tertiary/aromatic N) is 2. The molecule has 0 amide bonds. The summed E-state index contributed by atoms with van der Waals surface area (Å²) in [5.74, 6) is 0.468. The van der Waals surface area contributed by atoms with Crippen LogP contribution in [0.4, 0.5) is 0 Å². The van der Waals surface area contributed by atoms with Gasteiger partial charge in [0.05, 0.1) is 5.84 Å². The van der Waals surface area contributed by atoms with Crippen molar-refractivity contribution in [3.05, 3.63) is 0 Å². The van der Waals surface area contributed by atoms with Gasteiger partial charge < -0.3 is 15.5 Å². The first-order valence-electron chi connectivity index (χ1n) is 6.73. The lowest BCUT2D eigenvalue weighted by molar-refractivity contribution is 0.159. The number of amidine groups is 1. The Labute approximate surface area is 106 Å². The van der Waals surface area contributed by atoms with Crippen molar-refractivity contribution in [2.45, 2.75) is 38.6 Å². The monoisotopic (exact) mass is 240 g/mol. The van der Waals surface area contributed by atoms with E-state index in [4.69, 9.17) is 11.1 Å². The predicted octanol–water partition coefficient (Wildman–Crippen LogP) is 1.36. The quantitative estimate of drug-likeness (QED) is 0.544. The molecule has 100 valence electrons. The van der Waals surface area contributed by atoms with E-state index in [0.29, 0.717) is 5.84 Å². The molecule has 1 aliphatic heterocycles. The SMILES string of the molecule is CC(CN(C)CCC1CCCCN1C)C(=N)N. The van der Waals surface area contributed by atoms with E-state index in [2.05, 4.69) is 23.9 Å². The molecule has 0 bridgehead atoms. The lowest BCUT2D eigenvalue weighted by atomic mass is 10.00. The Hall–Kier alpha value is -0.610. The highest BCUT2D eigenvalue weighted by molar-refractivity contribution is 5.79. The standard InChI is InChI=1S/C13H28N4/c1-11(13(14)15)10-16(2)9-7-12-6-4-5-8-17(12)3/h11-12H,4-10H2,1-3H3,(H3,14,15). The van der Waals surface area contributed by atoms with Gasteiger partial charge in [0, 0.05) is 18.5 Å². The molecule has 0 aromatic rings. The normalized spacial score (nSPS) is 23.9. The Morgan fingerprint density at radius 1 is 1.53 bits per heavy atom. The maximum absolute atomic E-state index is 7.40. The molecule has 4 nitrogen and oxygen atoms in total. The summed E-state index contributed by atoms with van der Waals surface area (Å²) in [6.45, 7) is 5.27. The van der Waals surface area contributed by atoms with E-state index in [1.165, 1.54) is 32.2 Å². The minimum Gasteiger partial charge on any atom is -0.387 e. The molecule has 1 aliphatic rings. The highest BCUT2D eigenvalue weighted by Gasteiger charge is 2.19. The second-order valence-corrected chi connectivity index (χ2v) is 5.54. The van der Waals surface area contributed by atoms with Gasteiger partial charge in [-0.05, 0) is 46.4 Å².